The monoisotopic (exact) mass is 177 g/mol. The van der Waals surface area contributed by atoms with E-state index in [1.165, 1.54) is 5.56 Å². The molecular weight excluding hydrogens is 168 g/mol. The zero-order valence-corrected chi connectivity index (χ0v) is 7.56. The van der Waals surface area contributed by atoms with Crippen LogP contribution in [0.1, 0.15) is 18.4 Å². The Balaban J connectivity index is 2.43. The maximum Gasteiger partial charge on any atom is 0.0406 e. The van der Waals surface area contributed by atoms with Gasteiger partial charge in [-0.1, -0.05) is 29.7 Å². The molecule has 0 nitrogen and oxygen atoms in total. The van der Waals surface area contributed by atoms with Crippen LogP contribution in [0.2, 0.25) is 5.02 Å². The first-order valence-electron chi connectivity index (χ1n) is 3.97. The van der Waals surface area contributed by atoms with Crippen molar-refractivity contribution in [3.05, 3.63) is 41.3 Å². The number of aryl methyl sites for hydroxylation is 1. The van der Waals surface area contributed by atoms with E-state index in [4.69, 9.17) is 18.0 Å². The molecule has 0 heterocycles. The lowest BCUT2D eigenvalue weighted by atomic mass is 10.1. The SMILES string of the molecule is [C]#CCCCc1ccc(Cl)cc1. The summed E-state index contributed by atoms with van der Waals surface area (Å²) in [5.74, 6) is 2.37. The third-order valence-corrected chi connectivity index (χ3v) is 1.93. The van der Waals surface area contributed by atoms with Crippen molar-refractivity contribution in [1.82, 2.24) is 0 Å². The van der Waals surface area contributed by atoms with E-state index in [-0.39, 0.29) is 0 Å². The molecule has 1 aromatic rings. The zero-order valence-electron chi connectivity index (χ0n) is 6.81. The third kappa shape index (κ3) is 2.98. The molecule has 0 atom stereocenters. The fraction of sp³-hybridized carbons (Fsp3) is 0.273. The van der Waals surface area contributed by atoms with Gasteiger partial charge in [0.25, 0.3) is 0 Å². The first kappa shape index (κ1) is 9.16. The summed E-state index contributed by atoms with van der Waals surface area (Å²) >= 11 is 5.73. The molecule has 12 heavy (non-hydrogen) atoms. The Labute approximate surface area is 78.6 Å². The van der Waals surface area contributed by atoms with Gasteiger partial charge in [-0.15, -0.1) is 0 Å². The van der Waals surface area contributed by atoms with E-state index in [9.17, 15) is 0 Å². The maximum atomic E-state index is 6.73. The summed E-state index contributed by atoms with van der Waals surface area (Å²) in [5.41, 5.74) is 1.27. The second-order valence-corrected chi connectivity index (χ2v) is 3.09. The largest absolute Gasteiger partial charge is 0.0891 e. The minimum atomic E-state index is 0.739. The molecule has 0 aliphatic heterocycles. The summed E-state index contributed by atoms with van der Waals surface area (Å²) in [5, 5.41) is 0.775. The molecule has 1 heteroatoms. The second kappa shape index (κ2) is 4.85. The van der Waals surface area contributed by atoms with Gasteiger partial charge in [0.1, 0.15) is 0 Å². The molecule has 0 saturated heterocycles. The molecule has 1 aromatic carbocycles. The van der Waals surface area contributed by atoms with Gasteiger partial charge in [-0.05, 0) is 37.0 Å². The molecule has 0 aromatic heterocycles. The van der Waals surface area contributed by atoms with Crippen molar-refractivity contribution in [3.63, 3.8) is 0 Å². The summed E-state index contributed by atoms with van der Waals surface area (Å²) in [4.78, 5) is 0. The lowest BCUT2D eigenvalue weighted by Gasteiger charge is -1.97. The Morgan fingerprint density at radius 2 is 1.92 bits per heavy atom. The number of unbranched alkanes of at least 4 members (excludes halogenated alkanes) is 1. The molecule has 0 spiro atoms. The fourth-order valence-corrected chi connectivity index (χ4v) is 1.16. The fourth-order valence-electron chi connectivity index (χ4n) is 1.03. The molecule has 0 aliphatic carbocycles. The van der Waals surface area contributed by atoms with Crippen molar-refractivity contribution in [2.24, 2.45) is 0 Å². The van der Waals surface area contributed by atoms with Gasteiger partial charge >= 0.3 is 0 Å². The highest BCUT2D eigenvalue weighted by Crippen LogP contribution is 2.11. The van der Waals surface area contributed by atoms with Gasteiger partial charge in [0.15, 0.2) is 0 Å². The number of benzene rings is 1. The average Bonchev–Trinajstić information content (AvgIpc) is 2.09. The van der Waals surface area contributed by atoms with Gasteiger partial charge in [0, 0.05) is 11.4 Å². The van der Waals surface area contributed by atoms with E-state index in [2.05, 4.69) is 5.92 Å². The van der Waals surface area contributed by atoms with Gasteiger partial charge in [-0.25, -0.2) is 0 Å². The highest BCUT2D eigenvalue weighted by atomic mass is 35.5. The summed E-state index contributed by atoms with van der Waals surface area (Å²) < 4.78 is 0. The van der Waals surface area contributed by atoms with Crippen LogP contribution in [-0.4, -0.2) is 0 Å². The van der Waals surface area contributed by atoms with Gasteiger partial charge < -0.3 is 0 Å². The number of hydrogen-bond acceptors (Lipinski definition) is 0. The maximum absolute atomic E-state index is 6.73. The van der Waals surface area contributed by atoms with E-state index < -0.39 is 0 Å². The Hall–Kier alpha value is -0.930. The Kier molecular flexibility index (Phi) is 3.70. The van der Waals surface area contributed by atoms with Crippen LogP contribution in [0.3, 0.4) is 0 Å². The van der Waals surface area contributed by atoms with E-state index in [1.807, 2.05) is 24.3 Å². The molecule has 0 N–H and O–H groups in total. The summed E-state index contributed by atoms with van der Waals surface area (Å²) in [6.07, 6.45) is 9.46. The van der Waals surface area contributed by atoms with Gasteiger partial charge in [-0.2, -0.15) is 0 Å². The third-order valence-electron chi connectivity index (χ3n) is 1.68. The lowest BCUT2D eigenvalue weighted by molar-refractivity contribution is 0.857. The second-order valence-electron chi connectivity index (χ2n) is 2.66. The molecule has 0 bridgehead atoms. The van der Waals surface area contributed by atoms with Crippen molar-refractivity contribution in [2.75, 3.05) is 0 Å². The summed E-state index contributed by atoms with van der Waals surface area (Å²) in [7, 11) is 0. The van der Waals surface area contributed by atoms with E-state index in [1.54, 1.807) is 0 Å². The van der Waals surface area contributed by atoms with Crippen LogP contribution < -0.4 is 0 Å². The van der Waals surface area contributed by atoms with Crippen LogP contribution in [0.5, 0.6) is 0 Å². The summed E-state index contributed by atoms with van der Waals surface area (Å²) in [6.45, 7) is 0. The van der Waals surface area contributed by atoms with Gasteiger partial charge in [-0.3, -0.25) is 0 Å². The number of hydrogen-bond donors (Lipinski definition) is 0. The zero-order chi connectivity index (χ0) is 8.81. The topological polar surface area (TPSA) is 0 Å². The minimum absolute atomic E-state index is 0.739. The molecule has 1 radical (unpaired) electrons. The lowest BCUT2D eigenvalue weighted by Crippen LogP contribution is -1.83. The predicted octanol–water partition coefficient (Wildman–Crippen LogP) is 3.25. The van der Waals surface area contributed by atoms with E-state index in [0.29, 0.717) is 0 Å². The molecule has 0 amide bonds. The van der Waals surface area contributed by atoms with E-state index >= 15 is 0 Å². The van der Waals surface area contributed by atoms with E-state index in [0.717, 1.165) is 24.3 Å². The number of rotatable bonds is 3. The first-order chi connectivity index (χ1) is 5.83. The van der Waals surface area contributed by atoms with Crippen molar-refractivity contribution in [3.8, 4) is 5.92 Å². The van der Waals surface area contributed by atoms with Gasteiger partial charge in [0.2, 0.25) is 0 Å². The molecule has 0 fully saturated rings. The van der Waals surface area contributed by atoms with Crippen LogP contribution in [0.4, 0.5) is 0 Å². The van der Waals surface area contributed by atoms with Crippen LogP contribution in [-0.2, 0) is 6.42 Å². The summed E-state index contributed by atoms with van der Waals surface area (Å²) in [6, 6.07) is 7.83. The molecule has 0 aliphatic rings. The molecule has 1 rings (SSSR count). The van der Waals surface area contributed by atoms with Crippen LogP contribution in [0.15, 0.2) is 24.3 Å². The van der Waals surface area contributed by atoms with Crippen molar-refractivity contribution in [1.29, 1.82) is 0 Å². The quantitative estimate of drug-likeness (QED) is 0.491. The van der Waals surface area contributed by atoms with Crippen LogP contribution in [0.25, 0.3) is 0 Å². The van der Waals surface area contributed by atoms with Gasteiger partial charge in [0.05, 0.1) is 0 Å². The molecular formula is C11H10Cl. The molecule has 0 saturated carbocycles. The highest BCUT2D eigenvalue weighted by molar-refractivity contribution is 6.30. The predicted molar refractivity (Wildman–Crippen MR) is 51.5 cm³/mol. The van der Waals surface area contributed by atoms with Crippen LogP contribution >= 0.6 is 11.6 Å². The standard InChI is InChI=1S/C11H10Cl/c1-2-3-4-5-10-6-8-11(12)9-7-10/h6-9H,3-5H2. The number of halogens is 1. The normalized spacial score (nSPS) is 9.33. The first-order valence-corrected chi connectivity index (χ1v) is 4.35. The molecule has 61 valence electrons. The van der Waals surface area contributed by atoms with Crippen LogP contribution in [0, 0.1) is 12.3 Å². The Morgan fingerprint density at radius 1 is 1.25 bits per heavy atom. The average molecular weight is 178 g/mol. The molecule has 0 unspecified atom stereocenters. The smallest absolute Gasteiger partial charge is 0.0406 e. The highest BCUT2D eigenvalue weighted by Gasteiger charge is 1.91. The Bertz CT molecular complexity index is 266. The van der Waals surface area contributed by atoms with Crippen molar-refractivity contribution in [2.45, 2.75) is 19.3 Å². The Morgan fingerprint density at radius 3 is 2.50 bits per heavy atom. The minimum Gasteiger partial charge on any atom is -0.0891 e. The van der Waals surface area contributed by atoms with Crippen molar-refractivity contribution < 1.29 is 0 Å². The van der Waals surface area contributed by atoms with Crippen molar-refractivity contribution >= 4 is 11.6 Å².